The summed E-state index contributed by atoms with van der Waals surface area (Å²) < 4.78 is 0. The molecular formula is C15H28N4S. The topological polar surface area (TPSA) is 31.4 Å². The summed E-state index contributed by atoms with van der Waals surface area (Å²) >= 11 is 1.85. The molecule has 0 saturated carbocycles. The van der Waals surface area contributed by atoms with Crippen LogP contribution in [0.25, 0.3) is 0 Å². The molecule has 1 fully saturated rings. The number of piperidine rings is 1. The van der Waals surface area contributed by atoms with Crippen LogP contribution in [0, 0.1) is 6.92 Å². The van der Waals surface area contributed by atoms with Crippen LogP contribution < -0.4 is 10.2 Å². The van der Waals surface area contributed by atoms with Crippen molar-refractivity contribution in [2.45, 2.75) is 45.7 Å². The smallest absolute Gasteiger partial charge is 0.185 e. The second-order valence-electron chi connectivity index (χ2n) is 5.85. The highest BCUT2D eigenvalue weighted by atomic mass is 32.1. The molecule has 0 amide bonds. The predicted octanol–water partition coefficient (Wildman–Crippen LogP) is 2.48. The number of hydrogen-bond acceptors (Lipinski definition) is 5. The molecule has 0 bridgehead atoms. The van der Waals surface area contributed by atoms with Crippen molar-refractivity contribution >= 4 is 16.5 Å². The number of nitrogens with one attached hydrogen (secondary N) is 1. The number of likely N-dealkylation sites (tertiary alicyclic amines) is 1. The SMILES string of the molecule is CCCNCc1sc(N(C)C2CCCN(C)C2)nc1C. The van der Waals surface area contributed by atoms with Gasteiger partial charge in [-0.25, -0.2) is 4.98 Å². The monoisotopic (exact) mass is 296 g/mol. The zero-order valence-electron chi connectivity index (χ0n) is 13.3. The Morgan fingerprint density at radius 2 is 2.30 bits per heavy atom. The third-order valence-electron chi connectivity index (χ3n) is 4.04. The molecule has 2 heterocycles. The molecule has 1 aliphatic heterocycles. The van der Waals surface area contributed by atoms with Gasteiger partial charge in [0.25, 0.3) is 0 Å². The van der Waals surface area contributed by atoms with Gasteiger partial charge in [0, 0.05) is 31.1 Å². The van der Waals surface area contributed by atoms with Crippen LogP contribution >= 0.6 is 11.3 Å². The van der Waals surface area contributed by atoms with Crippen molar-refractivity contribution in [3.05, 3.63) is 10.6 Å². The molecule has 114 valence electrons. The van der Waals surface area contributed by atoms with Crippen LogP contribution in [0.3, 0.4) is 0 Å². The van der Waals surface area contributed by atoms with Crippen LogP contribution in [-0.2, 0) is 6.54 Å². The number of rotatable bonds is 6. The molecular weight excluding hydrogens is 268 g/mol. The number of nitrogens with zero attached hydrogens (tertiary/aromatic N) is 3. The molecule has 1 unspecified atom stereocenters. The highest BCUT2D eigenvalue weighted by molar-refractivity contribution is 7.15. The van der Waals surface area contributed by atoms with Crippen LogP contribution in [0.15, 0.2) is 0 Å². The van der Waals surface area contributed by atoms with Gasteiger partial charge >= 0.3 is 0 Å². The summed E-state index contributed by atoms with van der Waals surface area (Å²) in [7, 11) is 4.42. The fourth-order valence-electron chi connectivity index (χ4n) is 2.72. The van der Waals surface area contributed by atoms with E-state index >= 15 is 0 Å². The van der Waals surface area contributed by atoms with Gasteiger partial charge in [-0.05, 0) is 46.3 Å². The van der Waals surface area contributed by atoms with Gasteiger partial charge in [-0.1, -0.05) is 6.92 Å². The standard InChI is InChI=1S/C15H28N4S/c1-5-8-16-10-14-12(2)17-15(20-14)19(4)13-7-6-9-18(3)11-13/h13,16H,5-11H2,1-4H3. The highest BCUT2D eigenvalue weighted by Gasteiger charge is 2.23. The van der Waals surface area contributed by atoms with Crippen molar-refractivity contribution < 1.29 is 0 Å². The molecule has 20 heavy (non-hydrogen) atoms. The summed E-state index contributed by atoms with van der Waals surface area (Å²) in [6, 6.07) is 0.607. The van der Waals surface area contributed by atoms with Crippen molar-refractivity contribution in [1.29, 1.82) is 0 Å². The maximum atomic E-state index is 4.78. The van der Waals surface area contributed by atoms with E-state index in [-0.39, 0.29) is 0 Å². The van der Waals surface area contributed by atoms with Crippen molar-refractivity contribution in [3.63, 3.8) is 0 Å². The minimum Gasteiger partial charge on any atom is -0.347 e. The predicted molar refractivity (Wildman–Crippen MR) is 87.8 cm³/mol. The minimum absolute atomic E-state index is 0.607. The van der Waals surface area contributed by atoms with Gasteiger partial charge in [0.1, 0.15) is 0 Å². The molecule has 1 aliphatic rings. The molecule has 2 rings (SSSR count). The zero-order valence-corrected chi connectivity index (χ0v) is 14.1. The van der Waals surface area contributed by atoms with E-state index in [1.165, 1.54) is 41.5 Å². The van der Waals surface area contributed by atoms with Crippen molar-refractivity contribution in [2.24, 2.45) is 0 Å². The quantitative estimate of drug-likeness (QED) is 0.817. The summed E-state index contributed by atoms with van der Waals surface area (Å²) in [6.07, 6.45) is 3.75. The van der Waals surface area contributed by atoms with Crippen LogP contribution in [0.5, 0.6) is 0 Å². The van der Waals surface area contributed by atoms with E-state index in [1.54, 1.807) is 0 Å². The van der Waals surface area contributed by atoms with Crippen molar-refractivity contribution in [1.82, 2.24) is 15.2 Å². The van der Waals surface area contributed by atoms with Crippen LogP contribution in [-0.4, -0.2) is 49.7 Å². The normalized spacial score (nSPS) is 20.3. The Labute approximate surface area is 127 Å². The van der Waals surface area contributed by atoms with Gasteiger partial charge in [-0.3, -0.25) is 0 Å². The van der Waals surface area contributed by atoms with E-state index in [1.807, 2.05) is 11.3 Å². The Kier molecular flexibility index (Phi) is 5.81. The van der Waals surface area contributed by atoms with Crippen molar-refractivity contribution in [2.75, 3.05) is 38.6 Å². The van der Waals surface area contributed by atoms with Crippen LogP contribution in [0.4, 0.5) is 5.13 Å². The summed E-state index contributed by atoms with van der Waals surface area (Å²) in [5.41, 5.74) is 1.18. The number of anilines is 1. The van der Waals surface area contributed by atoms with E-state index in [4.69, 9.17) is 4.98 Å². The molecule has 4 nitrogen and oxygen atoms in total. The van der Waals surface area contributed by atoms with E-state index in [2.05, 4.69) is 43.1 Å². The molecule has 1 N–H and O–H groups in total. The third kappa shape index (κ3) is 3.93. The second-order valence-corrected chi connectivity index (χ2v) is 6.91. The Bertz CT molecular complexity index is 418. The van der Waals surface area contributed by atoms with Gasteiger partial charge in [0.2, 0.25) is 0 Å². The first kappa shape index (κ1) is 15.7. The van der Waals surface area contributed by atoms with Gasteiger partial charge in [0.15, 0.2) is 5.13 Å². The Balaban J connectivity index is 1.99. The fraction of sp³-hybridized carbons (Fsp3) is 0.800. The van der Waals surface area contributed by atoms with Gasteiger partial charge in [-0.2, -0.15) is 0 Å². The molecule has 0 aromatic carbocycles. The molecule has 1 saturated heterocycles. The van der Waals surface area contributed by atoms with Gasteiger partial charge in [0.05, 0.1) is 5.69 Å². The Morgan fingerprint density at radius 1 is 1.50 bits per heavy atom. The van der Waals surface area contributed by atoms with Crippen molar-refractivity contribution in [3.8, 4) is 0 Å². The van der Waals surface area contributed by atoms with Crippen LogP contribution in [0.2, 0.25) is 0 Å². The number of aromatic nitrogens is 1. The van der Waals surface area contributed by atoms with E-state index in [9.17, 15) is 0 Å². The maximum Gasteiger partial charge on any atom is 0.185 e. The summed E-state index contributed by atoms with van der Waals surface area (Å²) in [5.74, 6) is 0. The molecule has 1 aromatic rings. The highest BCUT2D eigenvalue weighted by Crippen LogP contribution is 2.28. The lowest BCUT2D eigenvalue weighted by Gasteiger charge is -2.35. The number of hydrogen-bond donors (Lipinski definition) is 1. The lowest BCUT2D eigenvalue weighted by molar-refractivity contribution is 0.248. The Morgan fingerprint density at radius 3 is 3.00 bits per heavy atom. The average molecular weight is 296 g/mol. The number of likely N-dealkylation sites (N-methyl/N-ethyl adjacent to an activating group) is 2. The lowest BCUT2D eigenvalue weighted by Crippen LogP contribution is -2.45. The van der Waals surface area contributed by atoms with Gasteiger partial charge < -0.3 is 15.1 Å². The summed E-state index contributed by atoms with van der Waals surface area (Å²) in [5, 5.41) is 4.65. The molecule has 0 radical (unpaired) electrons. The number of aryl methyl sites for hydroxylation is 1. The summed E-state index contributed by atoms with van der Waals surface area (Å²) in [6.45, 7) is 8.74. The minimum atomic E-state index is 0.607. The molecule has 1 aromatic heterocycles. The zero-order chi connectivity index (χ0) is 14.5. The fourth-order valence-corrected chi connectivity index (χ4v) is 3.78. The average Bonchev–Trinajstić information content (AvgIpc) is 2.80. The molecule has 1 atom stereocenters. The molecule has 0 spiro atoms. The first-order valence-electron chi connectivity index (χ1n) is 7.70. The van der Waals surface area contributed by atoms with E-state index < -0.39 is 0 Å². The first-order chi connectivity index (χ1) is 9.61. The van der Waals surface area contributed by atoms with E-state index in [0.29, 0.717) is 6.04 Å². The molecule has 5 heteroatoms. The summed E-state index contributed by atoms with van der Waals surface area (Å²) in [4.78, 5) is 11.0. The maximum absolute atomic E-state index is 4.78. The lowest BCUT2D eigenvalue weighted by atomic mass is 10.1. The first-order valence-corrected chi connectivity index (χ1v) is 8.51. The largest absolute Gasteiger partial charge is 0.347 e. The van der Waals surface area contributed by atoms with E-state index in [0.717, 1.165) is 19.6 Å². The third-order valence-corrected chi connectivity index (χ3v) is 5.29. The van der Waals surface area contributed by atoms with Crippen LogP contribution in [0.1, 0.15) is 36.8 Å². The molecule has 0 aliphatic carbocycles. The number of thiazole rings is 1. The Hall–Kier alpha value is -0.650. The van der Waals surface area contributed by atoms with Gasteiger partial charge in [-0.15, -0.1) is 11.3 Å². The second kappa shape index (κ2) is 7.38.